The SMILES string of the molecule is CC(C)(C)OC(=O)N1CCCCCCCC1C(=O)O. The summed E-state index contributed by atoms with van der Waals surface area (Å²) in [6.45, 7) is 5.83. The molecule has 0 aromatic heterocycles. The summed E-state index contributed by atoms with van der Waals surface area (Å²) in [5.41, 5.74) is -0.599. The molecular formula is C14H25NO4. The van der Waals surface area contributed by atoms with E-state index >= 15 is 0 Å². The van der Waals surface area contributed by atoms with Gasteiger partial charge in [0, 0.05) is 6.54 Å². The van der Waals surface area contributed by atoms with Crippen LogP contribution in [0.3, 0.4) is 0 Å². The van der Waals surface area contributed by atoms with E-state index in [2.05, 4.69) is 0 Å². The molecule has 0 radical (unpaired) electrons. The molecule has 1 aliphatic rings. The molecule has 1 atom stereocenters. The van der Waals surface area contributed by atoms with Gasteiger partial charge in [-0.3, -0.25) is 4.90 Å². The van der Waals surface area contributed by atoms with Crippen LogP contribution >= 0.6 is 0 Å². The minimum absolute atomic E-state index is 0.464. The molecule has 110 valence electrons. The predicted octanol–water partition coefficient (Wildman–Crippen LogP) is 3.03. The number of nitrogens with zero attached hydrogens (tertiary/aromatic N) is 1. The molecule has 0 aliphatic carbocycles. The van der Waals surface area contributed by atoms with Crippen molar-refractivity contribution in [1.82, 2.24) is 4.90 Å². The van der Waals surface area contributed by atoms with E-state index in [0.29, 0.717) is 13.0 Å². The first-order valence-electron chi connectivity index (χ1n) is 7.04. The van der Waals surface area contributed by atoms with Gasteiger partial charge < -0.3 is 9.84 Å². The number of aliphatic carboxylic acids is 1. The first-order valence-corrected chi connectivity index (χ1v) is 7.04. The van der Waals surface area contributed by atoms with E-state index in [0.717, 1.165) is 32.1 Å². The first kappa shape index (κ1) is 15.8. The maximum Gasteiger partial charge on any atom is 0.411 e. The zero-order valence-corrected chi connectivity index (χ0v) is 12.1. The Labute approximate surface area is 114 Å². The van der Waals surface area contributed by atoms with Gasteiger partial charge >= 0.3 is 12.1 Å². The summed E-state index contributed by atoms with van der Waals surface area (Å²) in [6.07, 6.45) is 4.85. The average Bonchev–Trinajstić information content (AvgIpc) is 2.37. The zero-order valence-electron chi connectivity index (χ0n) is 12.1. The molecule has 0 spiro atoms. The van der Waals surface area contributed by atoms with Gasteiger partial charge in [-0.05, 0) is 33.6 Å². The van der Waals surface area contributed by atoms with E-state index < -0.39 is 23.7 Å². The summed E-state index contributed by atoms with van der Waals surface area (Å²) >= 11 is 0. The van der Waals surface area contributed by atoms with E-state index in [-0.39, 0.29) is 0 Å². The van der Waals surface area contributed by atoms with Gasteiger partial charge in [-0.25, -0.2) is 9.59 Å². The number of hydrogen-bond acceptors (Lipinski definition) is 3. The number of carbonyl (C=O) groups excluding carboxylic acids is 1. The van der Waals surface area contributed by atoms with Crippen molar-refractivity contribution in [3.05, 3.63) is 0 Å². The molecular weight excluding hydrogens is 246 g/mol. The lowest BCUT2D eigenvalue weighted by atomic mass is 10.1. The van der Waals surface area contributed by atoms with Crippen molar-refractivity contribution in [2.45, 2.75) is 70.9 Å². The maximum atomic E-state index is 12.1. The largest absolute Gasteiger partial charge is 0.480 e. The fourth-order valence-electron chi connectivity index (χ4n) is 2.26. The number of carboxylic acid groups (broad SMARTS) is 1. The topological polar surface area (TPSA) is 66.8 Å². The second-order valence-electron chi connectivity index (χ2n) is 6.08. The molecule has 1 rings (SSSR count). The summed E-state index contributed by atoms with van der Waals surface area (Å²) in [5, 5.41) is 9.32. The zero-order chi connectivity index (χ0) is 14.5. The van der Waals surface area contributed by atoms with E-state index in [4.69, 9.17) is 4.74 Å². The molecule has 0 aromatic carbocycles. The summed E-state index contributed by atoms with van der Waals surface area (Å²) in [4.78, 5) is 24.9. The molecule has 5 heteroatoms. The fraction of sp³-hybridized carbons (Fsp3) is 0.857. The molecule has 1 amide bonds. The number of rotatable bonds is 1. The average molecular weight is 271 g/mol. The Morgan fingerprint density at radius 1 is 1.11 bits per heavy atom. The van der Waals surface area contributed by atoms with Crippen LogP contribution in [0.25, 0.3) is 0 Å². The van der Waals surface area contributed by atoms with Crippen LogP contribution < -0.4 is 0 Å². The first-order chi connectivity index (χ1) is 8.81. The summed E-state index contributed by atoms with van der Waals surface area (Å²) in [7, 11) is 0. The van der Waals surface area contributed by atoms with E-state index in [1.54, 1.807) is 20.8 Å². The van der Waals surface area contributed by atoms with Gasteiger partial charge in [0.2, 0.25) is 0 Å². The summed E-state index contributed by atoms with van der Waals surface area (Å²) in [5.74, 6) is -0.937. The number of carboxylic acids is 1. The van der Waals surface area contributed by atoms with Crippen molar-refractivity contribution in [2.75, 3.05) is 6.54 Å². The lowest BCUT2D eigenvalue weighted by Crippen LogP contribution is -2.47. The Balaban J connectivity index is 2.80. The molecule has 1 fully saturated rings. The van der Waals surface area contributed by atoms with Crippen molar-refractivity contribution in [2.24, 2.45) is 0 Å². The highest BCUT2D eigenvalue weighted by molar-refractivity contribution is 5.80. The second-order valence-corrected chi connectivity index (χ2v) is 6.08. The highest BCUT2D eigenvalue weighted by Crippen LogP contribution is 2.19. The Morgan fingerprint density at radius 3 is 2.26 bits per heavy atom. The van der Waals surface area contributed by atoms with Crippen molar-refractivity contribution < 1.29 is 19.4 Å². The van der Waals surface area contributed by atoms with Crippen LogP contribution in [-0.4, -0.2) is 40.3 Å². The van der Waals surface area contributed by atoms with Crippen molar-refractivity contribution in [3.63, 3.8) is 0 Å². The Bertz CT molecular complexity index is 322. The van der Waals surface area contributed by atoms with Gasteiger partial charge in [-0.15, -0.1) is 0 Å². The molecule has 0 bridgehead atoms. The van der Waals surface area contributed by atoms with Crippen LogP contribution in [0.4, 0.5) is 4.79 Å². The lowest BCUT2D eigenvalue weighted by Gasteiger charge is -2.31. The minimum atomic E-state index is -0.937. The second kappa shape index (κ2) is 6.78. The van der Waals surface area contributed by atoms with Crippen molar-refractivity contribution >= 4 is 12.1 Å². The van der Waals surface area contributed by atoms with Crippen LogP contribution in [0.1, 0.15) is 59.3 Å². The molecule has 19 heavy (non-hydrogen) atoms. The van der Waals surface area contributed by atoms with E-state index in [1.807, 2.05) is 0 Å². The third kappa shape index (κ3) is 5.49. The number of hydrogen-bond donors (Lipinski definition) is 1. The Hall–Kier alpha value is -1.26. The number of ether oxygens (including phenoxy) is 1. The number of amides is 1. The Kier molecular flexibility index (Phi) is 5.63. The molecule has 1 heterocycles. The highest BCUT2D eigenvalue weighted by Gasteiger charge is 2.32. The number of carbonyl (C=O) groups is 2. The van der Waals surface area contributed by atoms with Crippen LogP contribution in [0.5, 0.6) is 0 Å². The normalized spacial score (nSPS) is 22.1. The molecule has 5 nitrogen and oxygen atoms in total. The third-order valence-corrected chi connectivity index (χ3v) is 3.17. The minimum Gasteiger partial charge on any atom is -0.480 e. The molecule has 0 aromatic rings. The van der Waals surface area contributed by atoms with Crippen LogP contribution in [0, 0.1) is 0 Å². The van der Waals surface area contributed by atoms with Gasteiger partial charge in [0.25, 0.3) is 0 Å². The quantitative estimate of drug-likeness (QED) is 0.796. The molecule has 1 N–H and O–H groups in total. The monoisotopic (exact) mass is 271 g/mol. The maximum absolute atomic E-state index is 12.1. The highest BCUT2D eigenvalue weighted by atomic mass is 16.6. The van der Waals surface area contributed by atoms with Crippen LogP contribution in [0.2, 0.25) is 0 Å². The van der Waals surface area contributed by atoms with E-state index in [1.165, 1.54) is 4.90 Å². The van der Waals surface area contributed by atoms with Crippen LogP contribution in [0.15, 0.2) is 0 Å². The Morgan fingerprint density at radius 2 is 1.68 bits per heavy atom. The smallest absolute Gasteiger partial charge is 0.411 e. The molecule has 1 saturated heterocycles. The fourth-order valence-corrected chi connectivity index (χ4v) is 2.26. The molecule has 1 unspecified atom stereocenters. The van der Waals surface area contributed by atoms with Gasteiger partial charge in [-0.1, -0.05) is 25.7 Å². The standard InChI is InChI=1S/C14H25NO4/c1-14(2,3)19-13(18)15-10-8-6-4-5-7-9-11(15)12(16)17/h11H,4-10H2,1-3H3,(H,16,17). The van der Waals surface area contributed by atoms with E-state index in [9.17, 15) is 14.7 Å². The molecule has 0 saturated carbocycles. The summed E-state index contributed by atoms with van der Waals surface area (Å²) < 4.78 is 5.32. The molecule has 1 aliphatic heterocycles. The van der Waals surface area contributed by atoms with Crippen molar-refractivity contribution in [3.8, 4) is 0 Å². The predicted molar refractivity (Wildman–Crippen MR) is 72.1 cm³/mol. The van der Waals surface area contributed by atoms with Gasteiger partial charge in [-0.2, -0.15) is 0 Å². The van der Waals surface area contributed by atoms with Crippen molar-refractivity contribution in [1.29, 1.82) is 0 Å². The lowest BCUT2D eigenvalue weighted by molar-refractivity contribution is -0.143. The van der Waals surface area contributed by atoms with Gasteiger partial charge in [0.1, 0.15) is 11.6 Å². The third-order valence-electron chi connectivity index (χ3n) is 3.17. The van der Waals surface area contributed by atoms with Gasteiger partial charge in [0.05, 0.1) is 0 Å². The summed E-state index contributed by atoms with van der Waals surface area (Å²) in [6, 6.07) is -0.757. The van der Waals surface area contributed by atoms with Gasteiger partial charge in [0.15, 0.2) is 0 Å². The van der Waals surface area contributed by atoms with Crippen LogP contribution in [-0.2, 0) is 9.53 Å².